The lowest BCUT2D eigenvalue weighted by Gasteiger charge is -2.21. The number of anilines is 5. The summed E-state index contributed by atoms with van der Waals surface area (Å²) in [6.45, 7) is 10.4. The molecule has 3 aromatic rings. The number of hydrogen-bond acceptors (Lipinski definition) is 6. The van der Waals surface area contributed by atoms with E-state index >= 15 is 0 Å². The average molecular weight is 362 g/mol. The maximum absolute atomic E-state index is 4.51. The molecule has 0 aliphatic carbocycles. The normalized spacial score (nSPS) is 10.5. The van der Waals surface area contributed by atoms with Crippen LogP contribution in [0.25, 0.3) is 0 Å². The summed E-state index contributed by atoms with van der Waals surface area (Å²) in [7, 11) is 0. The fraction of sp³-hybridized carbons (Fsp3) is 0.286. The molecule has 0 spiro atoms. The van der Waals surface area contributed by atoms with Gasteiger partial charge >= 0.3 is 0 Å². The summed E-state index contributed by atoms with van der Waals surface area (Å²) in [5.74, 6) is 1.11. The molecule has 3 rings (SSSR count). The Morgan fingerprint density at radius 2 is 1.67 bits per heavy atom. The van der Waals surface area contributed by atoms with Crippen LogP contribution in [0, 0.1) is 13.8 Å². The Kier molecular flexibility index (Phi) is 5.86. The summed E-state index contributed by atoms with van der Waals surface area (Å²) in [5, 5.41) is 14.6. The van der Waals surface area contributed by atoms with Gasteiger partial charge in [0.1, 0.15) is 0 Å². The Balaban J connectivity index is 1.72. The average Bonchev–Trinajstić information content (AvgIpc) is 2.67. The lowest BCUT2D eigenvalue weighted by atomic mass is 10.1. The molecule has 0 atom stereocenters. The number of hydrogen-bond donors (Lipinski definition) is 2. The van der Waals surface area contributed by atoms with E-state index in [4.69, 9.17) is 0 Å². The Morgan fingerprint density at radius 3 is 2.33 bits per heavy atom. The summed E-state index contributed by atoms with van der Waals surface area (Å²) < 4.78 is 0. The second-order valence-electron chi connectivity index (χ2n) is 6.45. The van der Waals surface area contributed by atoms with Crippen molar-refractivity contribution in [2.75, 3.05) is 28.6 Å². The third kappa shape index (κ3) is 4.73. The van der Waals surface area contributed by atoms with Gasteiger partial charge in [0.05, 0.1) is 6.20 Å². The number of nitrogens with one attached hydrogen (secondary N) is 2. The maximum Gasteiger partial charge on any atom is 0.249 e. The van der Waals surface area contributed by atoms with Crippen LogP contribution in [0.3, 0.4) is 0 Å². The summed E-state index contributed by atoms with van der Waals surface area (Å²) in [5.41, 5.74) is 5.53. The van der Waals surface area contributed by atoms with Gasteiger partial charge in [0, 0.05) is 30.2 Å². The van der Waals surface area contributed by atoms with Crippen molar-refractivity contribution in [3.63, 3.8) is 0 Å². The van der Waals surface area contributed by atoms with Gasteiger partial charge in [-0.2, -0.15) is 10.1 Å². The highest BCUT2D eigenvalue weighted by Gasteiger charge is 2.05. The van der Waals surface area contributed by atoms with Crippen molar-refractivity contribution in [3.05, 3.63) is 59.8 Å². The Bertz CT molecular complexity index is 887. The van der Waals surface area contributed by atoms with Crippen molar-refractivity contribution in [2.24, 2.45) is 0 Å². The second-order valence-corrected chi connectivity index (χ2v) is 6.45. The molecular formula is C21H26N6. The van der Waals surface area contributed by atoms with Crippen molar-refractivity contribution >= 4 is 28.8 Å². The van der Waals surface area contributed by atoms with E-state index in [9.17, 15) is 0 Å². The summed E-state index contributed by atoms with van der Waals surface area (Å²) in [6.07, 6.45) is 1.62. The molecule has 1 aromatic heterocycles. The highest BCUT2D eigenvalue weighted by Crippen LogP contribution is 2.22. The van der Waals surface area contributed by atoms with Gasteiger partial charge in [0.2, 0.25) is 5.95 Å². The summed E-state index contributed by atoms with van der Waals surface area (Å²) in [4.78, 5) is 6.81. The van der Waals surface area contributed by atoms with Gasteiger partial charge in [-0.3, -0.25) is 0 Å². The molecule has 0 radical (unpaired) electrons. The molecule has 0 aliphatic rings. The largest absolute Gasteiger partial charge is 0.372 e. The zero-order valence-corrected chi connectivity index (χ0v) is 16.3. The number of aryl methyl sites for hydroxylation is 2. The molecule has 140 valence electrons. The van der Waals surface area contributed by atoms with Crippen LogP contribution in [0.5, 0.6) is 0 Å². The SMILES string of the molecule is CCN(CC)c1ccc(Nc2nncc(Nc3ccc(C)cc3C)n2)cc1. The molecule has 0 amide bonds. The lowest BCUT2D eigenvalue weighted by Crippen LogP contribution is -2.21. The molecule has 0 unspecified atom stereocenters. The van der Waals surface area contributed by atoms with Crippen molar-refractivity contribution in [2.45, 2.75) is 27.7 Å². The Hall–Kier alpha value is -3.15. The molecule has 0 bridgehead atoms. The molecule has 6 heteroatoms. The zero-order valence-electron chi connectivity index (χ0n) is 16.3. The fourth-order valence-corrected chi connectivity index (χ4v) is 2.98. The fourth-order valence-electron chi connectivity index (χ4n) is 2.98. The van der Waals surface area contributed by atoms with Crippen LogP contribution in [0.1, 0.15) is 25.0 Å². The minimum Gasteiger partial charge on any atom is -0.372 e. The first-order valence-electron chi connectivity index (χ1n) is 9.25. The first-order valence-corrected chi connectivity index (χ1v) is 9.25. The van der Waals surface area contributed by atoms with Gasteiger partial charge in [0.15, 0.2) is 5.82 Å². The lowest BCUT2D eigenvalue weighted by molar-refractivity contribution is 0.866. The number of benzene rings is 2. The smallest absolute Gasteiger partial charge is 0.249 e. The van der Waals surface area contributed by atoms with Gasteiger partial charge in [-0.15, -0.1) is 5.10 Å². The minimum absolute atomic E-state index is 0.459. The third-order valence-corrected chi connectivity index (χ3v) is 4.46. The highest BCUT2D eigenvalue weighted by molar-refractivity contribution is 5.63. The van der Waals surface area contributed by atoms with E-state index in [-0.39, 0.29) is 0 Å². The number of aromatic nitrogens is 3. The molecule has 2 aromatic carbocycles. The standard InChI is InChI=1S/C21H26N6/c1-5-27(6-2)18-10-8-17(9-11-18)23-21-25-20(14-22-26-21)24-19-12-7-15(3)13-16(19)4/h7-14H,5-6H2,1-4H3,(H2,23,24,25,26). The predicted octanol–water partition coefficient (Wildman–Crippen LogP) is 4.82. The molecule has 6 nitrogen and oxygen atoms in total. The van der Waals surface area contributed by atoms with Gasteiger partial charge in [-0.1, -0.05) is 17.7 Å². The molecular weight excluding hydrogens is 336 g/mol. The molecule has 0 saturated carbocycles. The number of rotatable bonds is 7. The van der Waals surface area contributed by atoms with Gasteiger partial charge in [0.25, 0.3) is 0 Å². The first kappa shape index (κ1) is 18.6. The monoisotopic (exact) mass is 362 g/mol. The number of nitrogens with zero attached hydrogens (tertiary/aromatic N) is 4. The van der Waals surface area contributed by atoms with E-state index in [0.717, 1.165) is 30.0 Å². The van der Waals surface area contributed by atoms with Crippen LogP contribution in [0.2, 0.25) is 0 Å². The molecule has 0 saturated heterocycles. The van der Waals surface area contributed by atoms with Crippen LogP contribution in [0.4, 0.5) is 28.8 Å². The van der Waals surface area contributed by atoms with Crippen molar-refractivity contribution in [3.8, 4) is 0 Å². The van der Waals surface area contributed by atoms with E-state index in [0.29, 0.717) is 11.8 Å². The minimum atomic E-state index is 0.459. The maximum atomic E-state index is 4.51. The van der Waals surface area contributed by atoms with E-state index in [1.165, 1.54) is 11.3 Å². The topological polar surface area (TPSA) is 66.0 Å². The van der Waals surface area contributed by atoms with Crippen LogP contribution >= 0.6 is 0 Å². The van der Waals surface area contributed by atoms with Gasteiger partial charge in [-0.25, -0.2) is 0 Å². The van der Waals surface area contributed by atoms with Crippen molar-refractivity contribution in [1.82, 2.24) is 15.2 Å². The molecule has 1 heterocycles. The van der Waals surface area contributed by atoms with Crippen LogP contribution in [-0.4, -0.2) is 28.3 Å². The Labute approximate surface area is 160 Å². The second kappa shape index (κ2) is 8.49. The molecule has 2 N–H and O–H groups in total. The zero-order chi connectivity index (χ0) is 19.2. The molecule has 0 fully saturated rings. The first-order chi connectivity index (χ1) is 13.1. The van der Waals surface area contributed by atoms with Crippen LogP contribution in [-0.2, 0) is 0 Å². The predicted molar refractivity (Wildman–Crippen MR) is 112 cm³/mol. The highest BCUT2D eigenvalue weighted by atomic mass is 15.3. The van der Waals surface area contributed by atoms with Gasteiger partial charge in [-0.05, 0) is 63.6 Å². The molecule has 0 aliphatic heterocycles. The van der Waals surface area contributed by atoms with Crippen molar-refractivity contribution in [1.29, 1.82) is 0 Å². The van der Waals surface area contributed by atoms with Gasteiger partial charge < -0.3 is 15.5 Å². The van der Waals surface area contributed by atoms with E-state index in [1.54, 1.807) is 6.20 Å². The van der Waals surface area contributed by atoms with E-state index in [2.05, 4.69) is 82.7 Å². The molecule has 27 heavy (non-hydrogen) atoms. The van der Waals surface area contributed by atoms with E-state index < -0.39 is 0 Å². The van der Waals surface area contributed by atoms with Crippen LogP contribution in [0.15, 0.2) is 48.7 Å². The van der Waals surface area contributed by atoms with Crippen molar-refractivity contribution < 1.29 is 0 Å². The Morgan fingerprint density at radius 1 is 0.926 bits per heavy atom. The summed E-state index contributed by atoms with van der Waals surface area (Å²) in [6, 6.07) is 14.5. The van der Waals surface area contributed by atoms with E-state index in [1.807, 2.05) is 18.2 Å². The van der Waals surface area contributed by atoms with Crippen LogP contribution < -0.4 is 15.5 Å². The third-order valence-electron chi connectivity index (χ3n) is 4.46. The quantitative estimate of drug-likeness (QED) is 0.628. The summed E-state index contributed by atoms with van der Waals surface area (Å²) >= 11 is 0.